The topological polar surface area (TPSA) is 30.5 Å². The monoisotopic (exact) mass is 263 g/mol. The maximum Gasteiger partial charge on any atom is 0.123 e. The number of ether oxygens (including phenoxy) is 2. The van der Waals surface area contributed by atoms with Gasteiger partial charge in [0.1, 0.15) is 11.5 Å². The Balaban J connectivity index is 2.14. The van der Waals surface area contributed by atoms with Crippen molar-refractivity contribution >= 4 is 0 Å². The summed E-state index contributed by atoms with van der Waals surface area (Å²) in [5.41, 5.74) is 1.17. The van der Waals surface area contributed by atoms with Gasteiger partial charge in [0, 0.05) is 17.6 Å². The predicted octanol–water partition coefficient (Wildman–Crippen LogP) is 3.54. The zero-order chi connectivity index (χ0) is 13.8. The Morgan fingerprint density at radius 3 is 2.58 bits per heavy atom. The summed E-state index contributed by atoms with van der Waals surface area (Å²) in [6.07, 6.45) is 3.94. The van der Waals surface area contributed by atoms with Crippen LogP contribution in [-0.2, 0) is 0 Å². The quantitative estimate of drug-likeness (QED) is 0.881. The maximum atomic E-state index is 5.46. The molecule has 19 heavy (non-hydrogen) atoms. The molecule has 1 aromatic carbocycles. The molecule has 1 fully saturated rings. The van der Waals surface area contributed by atoms with Crippen molar-refractivity contribution < 1.29 is 9.47 Å². The maximum absolute atomic E-state index is 5.46. The molecule has 2 rings (SSSR count). The van der Waals surface area contributed by atoms with Crippen LogP contribution in [0.15, 0.2) is 18.2 Å². The highest BCUT2D eigenvalue weighted by Gasteiger charge is 2.25. The molecule has 3 unspecified atom stereocenters. The third kappa shape index (κ3) is 3.21. The van der Waals surface area contributed by atoms with Crippen LogP contribution < -0.4 is 14.8 Å². The molecule has 1 saturated carbocycles. The molecule has 0 spiro atoms. The van der Waals surface area contributed by atoms with Crippen molar-refractivity contribution in [1.29, 1.82) is 0 Å². The molecule has 3 atom stereocenters. The molecule has 3 nitrogen and oxygen atoms in total. The molecule has 0 aliphatic heterocycles. The van der Waals surface area contributed by atoms with Gasteiger partial charge in [0.15, 0.2) is 0 Å². The Hall–Kier alpha value is -1.22. The fourth-order valence-corrected chi connectivity index (χ4v) is 2.98. The van der Waals surface area contributed by atoms with E-state index in [0.29, 0.717) is 6.04 Å². The fourth-order valence-electron chi connectivity index (χ4n) is 2.98. The van der Waals surface area contributed by atoms with Crippen LogP contribution in [0.4, 0.5) is 0 Å². The molecule has 1 aliphatic rings. The number of methoxy groups -OCH3 is 2. The standard InChI is InChI=1S/C16H25NO2/c1-11-6-5-7-15(11)17-12(2)14-10-13(18-3)8-9-16(14)19-4/h8-12,15,17H,5-7H2,1-4H3. The number of hydrogen-bond donors (Lipinski definition) is 1. The van der Waals surface area contributed by atoms with Gasteiger partial charge < -0.3 is 14.8 Å². The Morgan fingerprint density at radius 1 is 1.21 bits per heavy atom. The summed E-state index contributed by atoms with van der Waals surface area (Å²) in [7, 11) is 3.42. The zero-order valence-electron chi connectivity index (χ0n) is 12.4. The van der Waals surface area contributed by atoms with Crippen molar-refractivity contribution in [2.24, 2.45) is 5.92 Å². The number of benzene rings is 1. The summed E-state index contributed by atoms with van der Waals surface area (Å²) < 4.78 is 10.8. The van der Waals surface area contributed by atoms with E-state index in [1.54, 1.807) is 14.2 Å². The minimum absolute atomic E-state index is 0.274. The molecule has 1 aromatic rings. The molecule has 106 valence electrons. The lowest BCUT2D eigenvalue weighted by Gasteiger charge is -2.24. The first-order valence-corrected chi connectivity index (χ1v) is 7.13. The second-order valence-corrected chi connectivity index (χ2v) is 5.51. The summed E-state index contributed by atoms with van der Waals surface area (Å²) in [5.74, 6) is 2.56. The first kappa shape index (κ1) is 14.2. The highest BCUT2D eigenvalue weighted by molar-refractivity contribution is 5.42. The van der Waals surface area contributed by atoms with Crippen LogP contribution in [-0.4, -0.2) is 20.3 Å². The van der Waals surface area contributed by atoms with Gasteiger partial charge in [0.05, 0.1) is 14.2 Å². The van der Waals surface area contributed by atoms with Gasteiger partial charge >= 0.3 is 0 Å². The van der Waals surface area contributed by atoms with Gasteiger partial charge in [-0.1, -0.05) is 13.3 Å². The average Bonchev–Trinajstić information content (AvgIpc) is 2.83. The molecule has 0 bridgehead atoms. The average molecular weight is 263 g/mol. The SMILES string of the molecule is COc1ccc(OC)c(C(C)NC2CCCC2C)c1. The summed E-state index contributed by atoms with van der Waals surface area (Å²) in [6.45, 7) is 4.53. The van der Waals surface area contributed by atoms with Crippen LogP contribution in [0, 0.1) is 5.92 Å². The van der Waals surface area contributed by atoms with E-state index < -0.39 is 0 Å². The molecule has 3 heteroatoms. The normalized spacial score (nSPS) is 24.2. The van der Waals surface area contributed by atoms with Crippen LogP contribution in [0.25, 0.3) is 0 Å². The lowest BCUT2D eigenvalue weighted by atomic mass is 10.0. The van der Waals surface area contributed by atoms with Crippen molar-refractivity contribution in [3.8, 4) is 11.5 Å². The number of rotatable bonds is 5. The predicted molar refractivity (Wildman–Crippen MR) is 77.9 cm³/mol. The summed E-state index contributed by atoms with van der Waals surface area (Å²) in [6, 6.07) is 6.87. The van der Waals surface area contributed by atoms with Gasteiger partial charge in [-0.25, -0.2) is 0 Å². The number of hydrogen-bond acceptors (Lipinski definition) is 3. The smallest absolute Gasteiger partial charge is 0.123 e. The second kappa shape index (κ2) is 6.29. The fraction of sp³-hybridized carbons (Fsp3) is 0.625. The van der Waals surface area contributed by atoms with Crippen LogP contribution in [0.1, 0.15) is 44.7 Å². The molecule has 1 aliphatic carbocycles. The van der Waals surface area contributed by atoms with Crippen molar-refractivity contribution in [3.63, 3.8) is 0 Å². The molecule has 0 saturated heterocycles. The first-order chi connectivity index (χ1) is 9.15. The molecule has 0 radical (unpaired) electrons. The third-order valence-corrected chi connectivity index (χ3v) is 4.23. The second-order valence-electron chi connectivity index (χ2n) is 5.51. The molecule has 0 aromatic heterocycles. The van der Waals surface area contributed by atoms with Crippen LogP contribution in [0.5, 0.6) is 11.5 Å². The first-order valence-electron chi connectivity index (χ1n) is 7.13. The zero-order valence-corrected chi connectivity index (χ0v) is 12.4. The Morgan fingerprint density at radius 2 is 2.00 bits per heavy atom. The van der Waals surface area contributed by atoms with Gasteiger partial charge in [-0.2, -0.15) is 0 Å². The molecule has 0 amide bonds. The van der Waals surface area contributed by atoms with Gasteiger partial charge in [-0.3, -0.25) is 0 Å². The van der Waals surface area contributed by atoms with E-state index >= 15 is 0 Å². The Kier molecular flexibility index (Phi) is 4.70. The lowest BCUT2D eigenvalue weighted by molar-refractivity contribution is 0.365. The number of nitrogens with one attached hydrogen (secondary N) is 1. The molecule has 0 heterocycles. The lowest BCUT2D eigenvalue weighted by Crippen LogP contribution is -2.33. The van der Waals surface area contributed by atoms with E-state index in [1.807, 2.05) is 12.1 Å². The van der Waals surface area contributed by atoms with Gasteiger partial charge in [-0.05, 0) is 43.9 Å². The highest BCUT2D eigenvalue weighted by atomic mass is 16.5. The van der Waals surface area contributed by atoms with E-state index in [4.69, 9.17) is 9.47 Å². The van der Waals surface area contributed by atoms with E-state index in [-0.39, 0.29) is 6.04 Å². The van der Waals surface area contributed by atoms with Gasteiger partial charge in [0.2, 0.25) is 0 Å². The molecular weight excluding hydrogens is 238 g/mol. The minimum atomic E-state index is 0.274. The largest absolute Gasteiger partial charge is 0.497 e. The summed E-state index contributed by atoms with van der Waals surface area (Å²) in [4.78, 5) is 0. The van der Waals surface area contributed by atoms with Crippen molar-refractivity contribution in [1.82, 2.24) is 5.32 Å². The van der Waals surface area contributed by atoms with Crippen LogP contribution in [0.2, 0.25) is 0 Å². The van der Waals surface area contributed by atoms with Crippen molar-refractivity contribution in [3.05, 3.63) is 23.8 Å². The molecular formula is C16H25NO2. The Bertz CT molecular complexity index is 419. The van der Waals surface area contributed by atoms with Crippen LogP contribution >= 0.6 is 0 Å². The summed E-state index contributed by atoms with van der Waals surface area (Å²) >= 11 is 0. The van der Waals surface area contributed by atoms with Crippen molar-refractivity contribution in [2.45, 2.75) is 45.2 Å². The minimum Gasteiger partial charge on any atom is -0.497 e. The van der Waals surface area contributed by atoms with E-state index in [9.17, 15) is 0 Å². The van der Waals surface area contributed by atoms with E-state index in [2.05, 4.69) is 25.2 Å². The van der Waals surface area contributed by atoms with E-state index in [1.165, 1.54) is 24.8 Å². The Labute approximate surface area is 116 Å². The van der Waals surface area contributed by atoms with Gasteiger partial charge in [-0.15, -0.1) is 0 Å². The van der Waals surface area contributed by atoms with Crippen LogP contribution in [0.3, 0.4) is 0 Å². The van der Waals surface area contributed by atoms with E-state index in [0.717, 1.165) is 17.4 Å². The summed E-state index contributed by atoms with van der Waals surface area (Å²) in [5, 5.41) is 3.74. The highest BCUT2D eigenvalue weighted by Crippen LogP contribution is 2.32. The van der Waals surface area contributed by atoms with Gasteiger partial charge in [0.25, 0.3) is 0 Å². The third-order valence-electron chi connectivity index (χ3n) is 4.23. The van der Waals surface area contributed by atoms with Crippen molar-refractivity contribution in [2.75, 3.05) is 14.2 Å². The molecule has 1 N–H and O–H groups in total.